The van der Waals surface area contributed by atoms with Crippen molar-refractivity contribution in [3.8, 4) is 0 Å². The fourth-order valence-electron chi connectivity index (χ4n) is 2.10. The summed E-state index contributed by atoms with van der Waals surface area (Å²) in [6.45, 7) is 8.79. The van der Waals surface area contributed by atoms with Gasteiger partial charge in [0.15, 0.2) is 0 Å². The van der Waals surface area contributed by atoms with Crippen molar-refractivity contribution in [1.82, 2.24) is 0 Å². The molecular weight excluding hydrogens is 120 g/mol. The molecule has 10 heavy (non-hydrogen) atoms. The Morgan fingerprint density at radius 1 is 1.40 bits per heavy atom. The molecule has 0 saturated heterocycles. The molecule has 1 fully saturated rings. The largest absolute Gasteiger partial charge is 0.0596 e. The standard InChI is InChI=1S/C10H19/c1-4-9-7-5-6-8-10(9,2)3/h9H,1,4-8H2,2-3H3. The molecule has 1 saturated carbocycles. The summed E-state index contributed by atoms with van der Waals surface area (Å²) in [6, 6.07) is 0. The molecule has 0 aliphatic heterocycles. The molecule has 59 valence electrons. The maximum absolute atomic E-state index is 4.00. The van der Waals surface area contributed by atoms with E-state index in [1.165, 1.54) is 25.7 Å². The van der Waals surface area contributed by atoms with Gasteiger partial charge in [0.2, 0.25) is 0 Å². The summed E-state index contributed by atoms with van der Waals surface area (Å²) >= 11 is 0. The number of hydrogen-bond acceptors (Lipinski definition) is 0. The molecule has 0 spiro atoms. The molecule has 0 aromatic carbocycles. The van der Waals surface area contributed by atoms with E-state index in [0.717, 1.165) is 12.3 Å². The van der Waals surface area contributed by atoms with Crippen molar-refractivity contribution >= 4 is 0 Å². The van der Waals surface area contributed by atoms with Crippen LogP contribution in [0.15, 0.2) is 0 Å². The second-order valence-corrected chi connectivity index (χ2v) is 4.22. The van der Waals surface area contributed by atoms with Crippen LogP contribution in [0.2, 0.25) is 0 Å². The summed E-state index contributed by atoms with van der Waals surface area (Å²) in [6.07, 6.45) is 6.82. The first kappa shape index (κ1) is 8.10. The van der Waals surface area contributed by atoms with E-state index in [-0.39, 0.29) is 0 Å². The van der Waals surface area contributed by atoms with Crippen LogP contribution in [-0.4, -0.2) is 0 Å². The number of hydrogen-bond donors (Lipinski definition) is 0. The molecule has 0 nitrogen and oxygen atoms in total. The first-order valence-corrected chi connectivity index (χ1v) is 4.46. The second kappa shape index (κ2) is 2.94. The van der Waals surface area contributed by atoms with E-state index in [4.69, 9.17) is 0 Å². The Morgan fingerprint density at radius 2 is 2.10 bits per heavy atom. The molecule has 0 amide bonds. The molecular formula is C10H19. The minimum atomic E-state index is 0.583. The molecule has 1 radical (unpaired) electrons. The van der Waals surface area contributed by atoms with Gasteiger partial charge in [-0.25, -0.2) is 0 Å². The van der Waals surface area contributed by atoms with Gasteiger partial charge in [0.05, 0.1) is 0 Å². The highest BCUT2D eigenvalue weighted by atomic mass is 14.4. The van der Waals surface area contributed by atoms with Crippen molar-refractivity contribution in [2.75, 3.05) is 0 Å². The third-order valence-corrected chi connectivity index (χ3v) is 3.08. The summed E-state index contributed by atoms with van der Waals surface area (Å²) in [7, 11) is 0. The van der Waals surface area contributed by atoms with Crippen LogP contribution in [0, 0.1) is 18.3 Å². The predicted molar refractivity (Wildman–Crippen MR) is 45.7 cm³/mol. The van der Waals surface area contributed by atoms with Crippen LogP contribution in [0.3, 0.4) is 0 Å². The molecule has 1 rings (SSSR count). The predicted octanol–water partition coefficient (Wildman–Crippen LogP) is 3.43. The van der Waals surface area contributed by atoms with E-state index in [1.807, 2.05) is 0 Å². The fourth-order valence-corrected chi connectivity index (χ4v) is 2.10. The Kier molecular flexibility index (Phi) is 2.38. The van der Waals surface area contributed by atoms with Gasteiger partial charge in [0.25, 0.3) is 0 Å². The van der Waals surface area contributed by atoms with Gasteiger partial charge in [-0.3, -0.25) is 0 Å². The smallest absolute Gasteiger partial charge is 0.0326 e. The van der Waals surface area contributed by atoms with E-state index in [2.05, 4.69) is 20.8 Å². The van der Waals surface area contributed by atoms with Gasteiger partial charge in [-0.05, 0) is 30.6 Å². The van der Waals surface area contributed by atoms with E-state index in [1.54, 1.807) is 0 Å². The summed E-state index contributed by atoms with van der Waals surface area (Å²) in [5.74, 6) is 0.890. The van der Waals surface area contributed by atoms with Gasteiger partial charge in [-0.15, -0.1) is 0 Å². The van der Waals surface area contributed by atoms with Crippen molar-refractivity contribution < 1.29 is 0 Å². The van der Waals surface area contributed by atoms with Crippen LogP contribution < -0.4 is 0 Å². The van der Waals surface area contributed by atoms with Crippen LogP contribution in [0.4, 0.5) is 0 Å². The second-order valence-electron chi connectivity index (χ2n) is 4.22. The molecule has 0 heterocycles. The molecule has 0 heteroatoms. The average Bonchev–Trinajstić information content (AvgIpc) is 1.87. The lowest BCUT2D eigenvalue weighted by atomic mass is 9.68. The normalized spacial score (nSPS) is 32.1. The van der Waals surface area contributed by atoms with Crippen LogP contribution in [0.5, 0.6) is 0 Å². The maximum atomic E-state index is 4.00. The maximum Gasteiger partial charge on any atom is -0.0326 e. The monoisotopic (exact) mass is 139 g/mol. The van der Waals surface area contributed by atoms with E-state index >= 15 is 0 Å². The van der Waals surface area contributed by atoms with Crippen molar-refractivity contribution in [2.45, 2.75) is 46.0 Å². The van der Waals surface area contributed by atoms with E-state index < -0.39 is 0 Å². The average molecular weight is 139 g/mol. The van der Waals surface area contributed by atoms with Crippen molar-refractivity contribution in [3.05, 3.63) is 6.92 Å². The molecule has 1 atom stereocenters. The zero-order chi connectivity index (χ0) is 7.61. The van der Waals surface area contributed by atoms with Crippen molar-refractivity contribution in [3.63, 3.8) is 0 Å². The SMILES string of the molecule is [CH2]CC1CCCCC1(C)C. The van der Waals surface area contributed by atoms with Gasteiger partial charge in [0, 0.05) is 0 Å². The van der Waals surface area contributed by atoms with Gasteiger partial charge in [-0.2, -0.15) is 0 Å². The topological polar surface area (TPSA) is 0 Å². The van der Waals surface area contributed by atoms with Crippen LogP contribution >= 0.6 is 0 Å². The first-order chi connectivity index (χ1) is 4.67. The first-order valence-electron chi connectivity index (χ1n) is 4.46. The Bertz CT molecular complexity index is 103. The highest BCUT2D eigenvalue weighted by Gasteiger charge is 2.30. The van der Waals surface area contributed by atoms with E-state index in [9.17, 15) is 0 Å². The molecule has 0 aromatic rings. The lowest BCUT2D eigenvalue weighted by Crippen LogP contribution is -2.27. The molecule has 0 bridgehead atoms. The lowest BCUT2D eigenvalue weighted by molar-refractivity contribution is 0.139. The Labute approximate surface area is 65.0 Å². The Morgan fingerprint density at radius 3 is 2.50 bits per heavy atom. The minimum Gasteiger partial charge on any atom is -0.0596 e. The molecule has 1 unspecified atom stereocenters. The summed E-state index contributed by atoms with van der Waals surface area (Å²) in [4.78, 5) is 0. The fraction of sp³-hybridized carbons (Fsp3) is 0.900. The summed E-state index contributed by atoms with van der Waals surface area (Å²) in [5.41, 5.74) is 0.583. The summed E-state index contributed by atoms with van der Waals surface area (Å²) < 4.78 is 0. The Balaban J connectivity index is 2.51. The zero-order valence-electron chi connectivity index (χ0n) is 7.32. The Hall–Kier alpha value is 0. The van der Waals surface area contributed by atoms with E-state index in [0.29, 0.717) is 5.41 Å². The van der Waals surface area contributed by atoms with Gasteiger partial charge in [0.1, 0.15) is 0 Å². The van der Waals surface area contributed by atoms with Gasteiger partial charge in [-0.1, -0.05) is 33.6 Å². The molecule has 1 aliphatic carbocycles. The third-order valence-electron chi connectivity index (χ3n) is 3.08. The number of rotatable bonds is 1. The van der Waals surface area contributed by atoms with Crippen molar-refractivity contribution in [2.24, 2.45) is 11.3 Å². The molecule has 1 aliphatic rings. The quantitative estimate of drug-likeness (QED) is 0.522. The molecule has 0 N–H and O–H groups in total. The minimum absolute atomic E-state index is 0.583. The highest BCUT2D eigenvalue weighted by Crippen LogP contribution is 2.41. The van der Waals surface area contributed by atoms with Gasteiger partial charge < -0.3 is 0 Å². The van der Waals surface area contributed by atoms with Crippen LogP contribution in [0.1, 0.15) is 46.0 Å². The van der Waals surface area contributed by atoms with Crippen molar-refractivity contribution in [1.29, 1.82) is 0 Å². The molecule has 0 aromatic heterocycles. The highest BCUT2D eigenvalue weighted by molar-refractivity contribution is 4.82. The summed E-state index contributed by atoms with van der Waals surface area (Å²) in [5, 5.41) is 0. The van der Waals surface area contributed by atoms with Crippen LogP contribution in [-0.2, 0) is 0 Å². The lowest BCUT2D eigenvalue weighted by Gasteiger charge is -2.38. The van der Waals surface area contributed by atoms with Crippen LogP contribution in [0.25, 0.3) is 0 Å². The van der Waals surface area contributed by atoms with Gasteiger partial charge >= 0.3 is 0 Å². The zero-order valence-corrected chi connectivity index (χ0v) is 7.32. The third kappa shape index (κ3) is 1.53.